The predicted octanol–water partition coefficient (Wildman–Crippen LogP) is 0.656. The van der Waals surface area contributed by atoms with Crippen molar-refractivity contribution in [1.29, 1.82) is 0 Å². The summed E-state index contributed by atoms with van der Waals surface area (Å²) in [7, 11) is 0. The van der Waals surface area contributed by atoms with Crippen molar-refractivity contribution in [3.8, 4) is 0 Å². The highest BCUT2D eigenvalue weighted by Crippen LogP contribution is 2.02. The standard InChI is InChI=1S/C11H20N4O/c1-2-7-15-8-3-4-10(15)9-13-5-6-14-11(12)16/h3-4,8,13H,2,5-7,9H2,1H3,(H3,12,14,16). The SMILES string of the molecule is CCCn1cccc1CNCCNC(N)=O. The molecule has 0 aliphatic carbocycles. The first kappa shape index (κ1) is 12.6. The molecule has 0 spiro atoms. The maximum absolute atomic E-state index is 10.4. The van der Waals surface area contributed by atoms with Gasteiger partial charge in [-0.05, 0) is 18.6 Å². The molecule has 16 heavy (non-hydrogen) atoms. The lowest BCUT2D eigenvalue weighted by Gasteiger charge is -2.09. The molecule has 0 saturated carbocycles. The van der Waals surface area contributed by atoms with E-state index in [9.17, 15) is 4.79 Å². The van der Waals surface area contributed by atoms with E-state index in [1.165, 1.54) is 5.69 Å². The number of aryl methyl sites for hydroxylation is 1. The van der Waals surface area contributed by atoms with Gasteiger partial charge in [0.1, 0.15) is 0 Å². The molecule has 0 fully saturated rings. The Morgan fingerprint density at radius 1 is 1.50 bits per heavy atom. The van der Waals surface area contributed by atoms with E-state index in [2.05, 4.69) is 34.4 Å². The van der Waals surface area contributed by atoms with E-state index in [4.69, 9.17) is 5.73 Å². The predicted molar refractivity (Wildman–Crippen MR) is 64.0 cm³/mol. The third-order valence-electron chi connectivity index (χ3n) is 2.30. The molecule has 0 aliphatic heterocycles. The van der Waals surface area contributed by atoms with E-state index in [0.717, 1.165) is 26.1 Å². The Labute approximate surface area is 96.0 Å². The molecule has 1 aromatic heterocycles. The van der Waals surface area contributed by atoms with Crippen LogP contribution in [0.5, 0.6) is 0 Å². The first-order valence-electron chi connectivity index (χ1n) is 5.62. The average Bonchev–Trinajstić information content (AvgIpc) is 2.65. The molecule has 0 aromatic carbocycles. The summed E-state index contributed by atoms with van der Waals surface area (Å²) in [6.45, 7) is 5.30. The fourth-order valence-electron chi connectivity index (χ4n) is 1.56. The van der Waals surface area contributed by atoms with E-state index in [1.807, 2.05) is 6.07 Å². The summed E-state index contributed by atoms with van der Waals surface area (Å²) in [4.78, 5) is 10.4. The van der Waals surface area contributed by atoms with Gasteiger partial charge in [0, 0.05) is 38.1 Å². The number of carbonyl (C=O) groups excluding carboxylic acids is 1. The van der Waals surface area contributed by atoms with Crippen molar-refractivity contribution in [3.63, 3.8) is 0 Å². The molecular formula is C11H20N4O. The Balaban J connectivity index is 2.21. The van der Waals surface area contributed by atoms with Gasteiger partial charge in [-0.15, -0.1) is 0 Å². The summed E-state index contributed by atoms with van der Waals surface area (Å²) in [6.07, 6.45) is 3.22. The number of carbonyl (C=O) groups is 1. The zero-order valence-electron chi connectivity index (χ0n) is 9.70. The van der Waals surface area contributed by atoms with Crippen LogP contribution >= 0.6 is 0 Å². The summed E-state index contributed by atoms with van der Waals surface area (Å²) < 4.78 is 2.23. The molecule has 0 saturated heterocycles. The van der Waals surface area contributed by atoms with E-state index < -0.39 is 6.03 Å². The monoisotopic (exact) mass is 224 g/mol. The molecule has 5 nitrogen and oxygen atoms in total. The van der Waals surface area contributed by atoms with Gasteiger partial charge >= 0.3 is 6.03 Å². The summed E-state index contributed by atoms with van der Waals surface area (Å²) in [5.74, 6) is 0. The normalized spacial score (nSPS) is 10.3. The summed E-state index contributed by atoms with van der Waals surface area (Å²) in [6, 6.07) is 3.68. The van der Waals surface area contributed by atoms with E-state index in [0.29, 0.717) is 6.54 Å². The van der Waals surface area contributed by atoms with Crippen LogP contribution in [-0.2, 0) is 13.1 Å². The molecule has 1 aromatic rings. The molecule has 0 aliphatic rings. The molecule has 1 rings (SSSR count). The molecule has 0 bridgehead atoms. The first-order chi connectivity index (χ1) is 7.74. The van der Waals surface area contributed by atoms with Crippen molar-refractivity contribution in [2.45, 2.75) is 26.4 Å². The second kappa shape index (κ2) is 6.90. The van der Waals surface area contributed by atoms with Gasteiger partial charge in [-0.25, -0.2) is 4.79 Å². The van der Waals surface area contributed by atoms with Crippen molar-refractivity contribution in [2.24, 2.45) is 5.73 Å². The Kier molecular flexibility index (Phi) is 5.42. The highest BCUT2D eigenvalue weighted by atomic mass is 16.2. The van der Waals surface area contributed by atoms with Crippen LogP contribution in [0.1, 0.15) is 19.0 Å². The zero-order chi connectivity index (χ0) is 11.8. The van der Waals surface area contributed by atoms with Crippen LogP contribution in [0, 0.1) is 0 Å². The quantitative estimate of drug-likeness (QED) is 0.595. The molecule has 2 amide bonds. The van der Waals surface area contributed by atoms with Gasteiger partial charge in [0.2, 0.25) is 0 Å². The van der Waals surface area contributed by atoms with Crippen LogP contribution < -0.4 is 16.4 Å². The van der Waals surface area contributed by atoms with E-state index >= 15 is 0 Å². The van der Waals surface area contributed by atoms with Gasteiger partial charge in [-0.1, -0.05) is 6.92 Å². The number of nitrogens with two attached hydrogens (primary N) is 1. The molecular weight excluding hydrogens is 204 g/mol. The number of nitrogens with zero attached hydrogens (tertiary/aromatic N) is 1. The number of urea groups is 1. The molecule has 0 unspecified atom stereocenters. The molecule has 5 heteroatoms. The summed E-state index contributed by atoms with van der Waals surface area (Å²) in [5.41, 5.74) is 6.22. The molecule has 0 atom stereocenters. The number of nitrogens with one attached hydrogen (secondary N) is 2. The minimum atomic E-state index is -0.476. The van der Waals surface area contributed by atoms with Crippen molar-refractivity contribution in [2.75, 3.05) is 13.1 Å². The number of amides is 2. The third kappa shape index (κ3) is 4.35. The average molecular weight is 224 g/mol. The van der Waals surface area contributed by atoms with Crippen molar-refractivity contribution in [3.05, 3.63) is 24.0 Å². The van der Waals surface area contributed by atoms with E-state index in [1.54, 1.807) is 0 Å². The zero-order valence-corrected chi connectivity index (χ0v) is 9.70. The van der Waals surface area contributed by atoms with Crippen molar-refractivity contribution < 1.29 is 4.79 Å². The van der Waals surface area contributed by atoms with Crippen molar-refractivity contribution in [1.82, 2.24) is 15.2 Å². The lowest BCUT2D eigenvalue weighted by atomic mass is 10.4. The number of rotatable bonds is 7. The molecule has 0 radical (unpaired) electrons. The Morgan fingerprint density at radius 3 is 3.00 bits per heavy atom. The Hall–Kier alpha value is -1.49. The molecule has 1 heterocycles. The fraction of sp³-hybridized carbons (Fsp3) is 0.545. The topological polar surface area (TPSA) is 72.1 Å². The van der Waals surface area contributed by atoms with Gasteiger partial charge < -0.3 is 20.9 Å². The van der Waals surface area contributed by atoms with Crippen LogP contribution in [0.3, 0.4) is 0 Å². The summed E-state index contributed by atoms with van der Waals surface area (Å²) >= 11 is 0. The first-order valence-corrected chi connectivity index (χ1v) is 5.62. The van der Waals surface area contributed by atoms with Crippen LogP contribution in [0.15, 0.2) is 18.3 Å². The Bertz CT molecular complexity index is 322. The Morgan fingerprint density at radius 2 is 2.31 bits per heavy atom. The van der Waals surface area contributed by atoms with Gasteiger partial charge in [-0.2, -0.15) is 0 Å². The number of aromatic nitrogens is 1. The maximum atomic E-state index is 10.4. The smallest absolute Gasteiger partial charge is 0.312 e. The lowest BCUT2D eigenvalue weighted by Crippen LogP contribution is -2.35. The maximum Gasteiger partial charge on any atom is 0.312 e. The minimum absolute atomic E-state index is 0.476. The largest absolute Gasteiger partial charge is 0.352 e. The van der Waals surface area contributed by atoms with Crippen LogP contribution in [0.2, 0.25) is 0 Å². The highest BCUT2D eigenvalue weighted by molar-refractivity contribution is 5.71. The highest BCUT2D eigenvalue weighted by Gasteiger charge is 1.99. The second-order valence-corrected chi connectivity index (χ2v) is 3.66. The molecule has 4 N–H and O–H groups in total. The minimum Gasteiger partial charge on any atom is -0.352 e. The number of hydrogen-bond acceptors (Lipinski definition) is 2. The van der Waals surface area contributed by atoms with Crippen LogP contribution in [-0.4, -0.2) is 23.7 Å². The lowest BCUT2D eigenvalue weighted by molar-refractivity contribution is 0.249. The number of primary amides is 1. The summed E-state index contributed by atoms with van der Waals surface area (Å²) in [5, 5.41) is 5.79. The molecule has 90 valence electrons. The van der Waals surface area contributed by atoms with Crippen molar-refractivity contribution >= 4 is 6.03 Å². The second-order valence-electron chi connectivity index (χ2n) is 3.66. The van der Waals surface area contributed by atoms with Gasteiger partial charge in [0.05, 0.1) is 0 Å². The van der Waals surface area contributed by atoms with Crippen LogP contribution in [0.4, 0.5) is 4.79 Å². The van der Waals surface area contributed by atoms with Crippen LogP contribution in [0.25, 0.3) is 0 Å². The fourth-order valence-corrected chi connectivity index (χ4v) is 1.56. The van der Waals surface area contributed by atoms with Gasteiger partial charge in [-0.3, -0.25) is 0 Å². The third-order valence-corrected chi connectivity index (χ3v) is 2.30. The van der Waals surface area contributed by atoms with E-state index in [-0.39, 0.29) is 0 Å². The number of hydrogen-bond donors (Lipinski definition) is 3. The van der Waals surface area contributed by atoms with Gasteiger partial charge in [0.15, 0.2) is 0 Å². The van der Waals surface area contributed by atoms with Gasteiger partial charge in [0.25, 0.3) is 0 Å².